The van der Waals surface area contributed by atoms with E-state index < -0.39 is 0 Å². The van der Waals surface area contributed by atoms with Crippen molar-refractivity contribution in [2.24, 2.45) is 5.73 Å². The van der Waals surface area contributed by atoms with Crippen LogP contribution in [0.3, 0.4) is 0 Å². The maximum Gasteiger partial charge on any atom is 0.126 e. The minimum Gasteiger partial charge on any atom is -0.487 e. The van der Waals surface area contributed by atoms with Crippen molar-refractivity contribution in [1.29, 1.82) is 0 Å². The van der Waals surface area contributed by atoms with Gasteiger partial charge < -0.3 is 10.5 Å². The van der Waals surface area contributed by atoms with Gasteiger partial charge in [-0.1, -0.05) is 23.2 Å². The quantitative estimate of drug-likeness (QED) is 0.781. The molecule has 0 amide bonds. The second-order valence-electron chi connectivity index (χ2n) is 4.48. The Morgan fingerprint density at radius 2 is 1.88 bits per heavy atom. The number of hydrogen-bond acceptors (Lipinski definition) is 2. The van der Waals surface area contributed by atoms with Crippen molar-refractivity contribution in [3.05, 3.63) is 27.7 Å². The van der Waals surface area contributed by atoms with Gasteiger partial charge in [-0.2, -0.15) is 0 Å². The number of ether oxygens (including phenoxy) is 1. The third-order valence-electron chi connectivity index (χ3n) is 2.55. The fourth-order valence-corrected chi connectivity index (χ4v) is 2.23. The summed E-state index contributed by atoms with van der Waals surface area (Å²) in [4.78, 5) is 0. The Morgan fingerprint density at radius 3 is 2.50 bits per heavy atom. The molecule has 0 aliphatic carbocycles. The van der Waals surface area contributed by atoms with Crippen LogP contribution in [0.4, 0.5) is 0 Å². The van der Waals surface area contributed by atoms with Gasteiger partial charge in [0.15, 0.2) is 0 Å². The maximum atomic E-state index is 6.06. The van der Waals surface area contributed by atoms with Crippen LogP contribution >= 0.6 is 35.6 Å². The van der Waals surface area contributed by atoms with Gasteiger partial charge in [-0.3, -0.25) is 0 Å². The molecule has 2 nitrogen and oxygen atoms in total. The molecule has 0 fully saturated rings. The number of nitrogens with two attached hydrogens (primary N) is 1. The van der Waals surface area contributed by atoms with Crippen molar-refractivity contribution >= 4 is 35.6 Å². The molecule has 0 aromatic heterocycles. The van der Waals surface area contributed by atoms with Crippen LogP contribution in [0.5, 0.6) is 5.75 Å². The SMILES string of the molecule is CC1(C)CC(N)c2cc(Cl)c(Cl)cc2O1.Cl. The number of hydrogen-bond donors (Lipinski definition) is 1. The zero-order valence-electron chi connectivity index (χ0n) is 9.09. The number of benzene rings is 1. The van der Waals surface area contributed by atoms with E-state index >= 15 is 0 Å². The summed E-state index contributed by atoms with van der Waals surface area (Å²) >= 11 is 11.9. The summed E-state index contributed by atoms with van der Waals surface area (Å²) in [6.45, 7) is 4.02. The first-order chi connectivity index (χ1) is 6.89. The van der Waals surface area contributed by atoms with Crippen molar-refractivity contribution in [2.75, 3.05) is 0 Å². The van der Waals surface area contributed by atoms with Crippen molar-refractivity contribution in [3.63, 3.8) is 0 Å². The minimum absolute atomic E-state index is 0. The van der Waals surface area contributed by atoms with Crippen molar-refractivity contribution in [1.82, 2.24) is 0 Å². The van der Waals surface area contributed by atoms with E-state index in [0.29, 0.717) is 10.0 Å². The van der Waals surface area contributed by atoms with Crippen LogP contribution in [-0.4, -0.2) is 5.60 Å². The van der Waals surface area contributed by atoms with Crippen LogP contribution in [-0.2, 0) is 0 Å². The van der Waals surface area contributed by atoms with Crippen molar-refractivity contribution in [3.8, 4) is 5.75 Å². The largest absolute Gasteiger partial charge is 0.487 e. The highest BCUT2D eigenvalue weighted by molar-refractivity contribution is 6.42. The first kappa shape index (κ1) is 13.9. The monoisotopic (exact) mass is 281 g/mol. The molecule has 16 heavy (non-hydrogen) atoms. The van der Waals surface area contributed by atoms with Gasteiger partial charge in [0.25, 0.3) is 0 Å². The lowest BCUT2D eigenvalue weighted by Crippen LogP contribution is -2.37. The third kappa shape index (κ3) is 2.57. The van der Waals surface area contributed by atoms with Crippen LogP contribution < -0.4 is 10.5 Å². The van der Waals surface area contributed by atoms with E-state index in [4.69, 9.17) is 33.7 Å². The summed E-state index contributed by atoms with van der Waals surface area (Å²) in [5, 5.41) is 1.02. The lowest BCUT2D eigenvalue weighted by molar-refractivity contribution is 0.0729. The zero-order chi connectivity index (χ0) is 11.2. The van der Waals surface area contributed by atoms with E-state index in [1.807, 2.05) is 13.8 Å². The molecular formula is C11H14Cl3NO. The molecule has 0 spiro atoms. The first-order valence-corrected chi connectivity index (χ1v) is 5.58. The highest BCUT2D eigenvalue weighted by atomic mass is 35.5. The van der Waals surface area contributed by atoms with Gasteiger partial charge in [-0.25, -0.2) is 0 Å². The van der Waals surface area contributed by atoms with E-state index in [2.05, 4.69) is 0 Å². The molecule has 1 heterocycles. The molecule has 1 aliphatic heterocycles. The predicted molar refractivity (Wildman–Crippen MR) is 70.0 cm³/mol. The molecule has 90 valence electrons. The van der Waals surface area contributed by atoms with Gasteiger partial charge in [-0.05, 0) is 19.9 Å². The summed E-state index contributed by atoms with van der Waals surface area (Å²) < 4.78 is 5.80. The van der Waals surface area contributed by atoms with E-state index in [1.54, 1.807) is 12.1 Å². The lowest BCUT2D eigenvalue weighted by Gasteiger charge is -2.36. The molecule has 0 bridgehead atoms. The predicted octanol–water partition coefficient (Wildman–Crippen LogP) is 3.98. The third-order valence-corrected chi connectivity index (χ3v) is 3.27. The van der Waals surface area contributed by atoms with Gasteiger partial charge in [0.05, 0.1) is 10.0 Å². The second-order valence-corrected chi connectivity index (χ2v) is 5.29. The van der Waals surface area contributed by atoms with Gasteiger partial charge in [0, 0.05) is 24.1 Å². The van der Waals surface area contributed by atoms with Gasteiger partial charge >= 0.3 is 0 Å². The first-order valence-electron chi connectivity index (χ1n) is 4.82. The molecule has 1 unspecified atom stereocenters. The molecule has 1 aromatic carbocycles. The summed E-state index contributed by atoms with van der Waals surface area (Å²) in [5.41, 5.74) is 6.75. The summed E-state index contributed by atoms with van der Waals surface area (Å²) in [7, 11) is 0. The van der Waals surface area contributed by atoms with E-state index in [0.717, 1.165) is 17.7 Å². The van der Waals surface area contributed by atoms with Crippen molar-refractivity contribution < 1.29 is 4.74 Å². The molecule has 0 saturated heterocycles. The molecular weight excluding hydrogens is 268 g/mol. The number of rotatable bonds is 0. The molecule has 2 N–H and O–H groups in total. The highest BCUT2D eigenvalue weighted by Crippen LogP contribution is 2.41. The van der Waals surface area contributed by atoms with E-state index in [9.17, 15) is 0 Å². The van der Waals surface area contributed by atoms with Gasteiger partial charge in [0.2, 0.25) is 0 Å². The van der Waals surface area contributed by atoms with Crippen LogP contribution in [0, 0.1) is 0 Å². The second kappa shape index (κ2) is 4.61. The average molecular weight is 283 g/mol. The minimum atomic E-state index is -0.246. The van der Waals surface area contributed by atoms with E-state index in [-0.39, 0.29) is 24.0 Å². The lowest BCUT2D eigenvalue weighted by atomic mass is 9.90. The summed E-state index contributed by atoms with van der Waals surface area (Å²) in [6, 6.07) is 3.48. The van der Waals surface area contributed by atoms with Crippen LogP contribution in [0.2, 0.25) is 10.0 Å². The van der Waals surface area contributed by atoms with Gasteiger partial charge in [-0.15, -0.1) is 12.4 Å². The van der Waals surface area contributed by atoms with Crippen LogP contribution in [0.15, 0.2) is 12.1 Å². The summed E-state index contributed by atoms with van der Waals surface area (Å²) in [5.74, 6) is 0.744. The maximum absolute atomic E-state index is 6.06. The molecule has 0 radical (unpaired) electrons. The zero-order valence-corrected chi connectivity index (χ0v) is 11.4. The molecule has 1 atom stereocenters. The summed E-state index contributed by atoms with van der Waals surface area (Å²) in [6.07, 6.45) is 0.776. The van der Waals surface area contributed by atoms with Crippen LogP contribution in [0.25, 0.3) is 0 Å². The molecule has 0 saturated carbocycles. The fraction of sp³-hybridized carbons (Fsp3) is 0.455. The normalized spacial score (nSPS) is 21.7. The Kier molecular flexibility index (Phi) is 4.01. The fourth-order valence-electron chi connectivity index (χ4n) is 1.90. The van der Waals surface area contributed by atoms with Crippen molar-refractivity contribution in [2.45, 2.75) is 31.9 Å². The Hall–Kier alpha value is -0.150. The Morgan fingerprint density at radius 1 is 1.31 bits per heavy atom. The molecule has 2 rings (SSSR count). The van der Waals surface area contributed by atoms with Gasteiger partial charge in [0.1, 0.15) is 11.4 Å². The Bertz CT molecular complexity index is 406. The average Bonchev–Trinajstić information content (AvgIpc) is 2.07. The highest BCUT2D eigenvalue weighted by Gasteiger charge is 2.32. The molecule has 1 aliphatic rings. The standard InChI is InChI=1S/C11H13Cl2NO.ClH/c1-11(2)5-9(14)6-3-7(12)8(13)4-10(6)15-11;/h3-4,9H,5,14H2,1-2H3;1H. The van der Waals surface area contributed by atoms with Crippen LogP contribution in [0.1, 0.15) is 31.9 Å². The Balaban J connectivity index is 0.00000128. The molecule has 1 aromatic rings. The molecule has 5 heteroatoms. The topological polar surface area (TPSA) is 35.2 Å². The number of fused-ring (bicyclic) bond motifs is 1. The Labute approximate surface area is 111 Å². The van der Waals surface area contributed by atoms with E-state index in [1.165, 1.54) is 0 Å². The number of halogens is 3. The smallest absolute Gasteiger partial charge is 0.126 e.